The summed E-state index contributed by atoms with van der Waals surface area (Å²) in [7, 11) is 0. The molecule has 0 radical (unpaired) electrons. The van der Waals surface area contributed by atoms with Crippen molar-refractivity contribution in [1.29, 1.82) is 0 Å². The number of nitrogens with one attached hydrogen (secondary N) is 1. The fraction of sp³-hybridized carbons (Fsp3) is 0.429. The molecule has 4 nitrogen and oxygen atoms in total. The van der Waals surface area contributed by atoms with E-state index in [0.29, 0.717) is 10.8 Å². The minimum absolute atomic E-state index is 0.00839. The van der Waals surface area contributed by atoms with Crippen molar-refractivity contribution in [3.05, 3.63) is 34.1 Å². The molecule has 1 unspecified atom stereocenters. The molecule has 0 bridgehead atoms. The van der Waals surface area contributed by atoms with E-state index >= 15 is 0 Å². The Morgan fingerprint density at radius 2 is 1.95 bits per heavy atom. The summed E-state index contributed by atoms with van der Waals surface area (Å²) in [6, 6.07) is 4.11. The van der Waals surface area contributed by atoms with Crippen LogP contribution in [0.25, 0.3) is 0 Å². The van der Waals surface area contributed by atoms with E-state index < -0.39 is 23.1 Å². The average molecular weight is 346 g/mol. The van der Waals surface area contributed by atoms with Crippen molar-refractivity contribution in [2.24, 2.45) is 0 Å². The van der Waals surface area contributed by atoms with Crippen LogP contribution in [0, 0.1) is 5.82 Å². The number of rotatable bonds is 3. The molecule has 0 aliphatic rings. The second-order valence-corrected chi connectivity index (χ2v) is 6.53. The number of hydrogen-bond acceptors (Lipinski definition) is 3. The monoisotopic (exact) mass is 345 g/mol. The Hall–Kier alpha value is -1.43. The van der Waals surface area contributed by atoms with E-state index in [4.69, 9.17) is 4.74 Å². The Bertz CT molecular complexity index is 528. The van der Waals surface area contributed by atoms with Gasteiger partial charge in [0.25, 0.3) is 0 Å². The standard InChI is InChI=1S/C14H17BrFNO3/c1-13(2,3)17-12(19)20-14(4,8-18)10-7-9(15)5-6-11(10)16/h5-8H,1-4H3,(H,17,19). The zero-order chi connectivity index (χ0) is 15.6. The topological polar surface area (TPSA) is 55.4 Å². The second-order valence-electron chi connectivity index (χ2n) is 5.61. The molecule has 1 atom stereocenters. The summed E-state index contributed by atoms with van der Waals surface area (Å²) in [6.07, 6.45) is -0.383. The first-order valence-electron chi connectivity index (χ1n) is 6.00. The van der Waals surface area contributed by atoms with Crippen molar-refractivity contribution in [2.45, 2.75) is 38.8 Å². The molecule has 1 N–H and O–H groups in total. The van der Waals surface area contributed by atoms with Crippen LogP contribution in [0.2, 0.25) is 0 Å². The number of halogens is 2. The lowest BCUT2D eigenvalue weighted by molar-refractivity contribution is -0.124. The summed E-state index contributed by atoms with van der Waals surface area (Å²) in [5.74, 6) is -0.619. The van der Waals surface area contributed by atoms with Crippen molar-refractivity contribution < 1.29 is 18.7 Å². The van der Waals surface area contributed by atoms with Crippen LogP contribution in [0.5, 0.6) is 0 Å². The zero-order valence-electron chi connectivity index (χ0n) is 11.8. The quantitative estimate of drug-likeness (QED) is 0.852. The minimum Gasteiger partial charge on any atom is -0.430 e. The maximum absolute atomic E-state index is 13.8. The molecule has 20 heavy (non-hydrogen) atoms. The van der Waals surface area contributed by atoms with Crippen molar-refractivity contribution in [2.75, 3.05) is 0 Å². The molecular weight excluding hydrogens is 329 g/mol. The van der Waals surface area contributed by atoms with Gasteiger partial charge in [0.15, 0.2) is 11.9 Å². The molecule has 0 aliphatic heterocycles. The molecule has 0 saturated carbocycles. The maximum Gasteiger partial charge on any atom is 0.408 e. The van der Waals surface area contributed by atoms with Gasteiger partial charge in [0.2, 0.25) is 0 Å². The molecule has 0 heterocycles. The summed E-state index contributed by atoms with van der Waals surface area (Å²) < 4.78 is 19.5. The maximum atomic E-state index is 13.8. The summed E-state index contributed by atoms with van der Waals surface area (Å²) in [6.45, 7) is 6.65. The number of carbonyl (C=O) groups is 2. The molecule has 1 rings (SSSR count). The van der Waals surface area contributed by atoms with E-state index in [2.05, 4.69) is 21.2 Å². The lowest BCUT2D eigenvalue weighted by Crippen LogP contribution is -2.45. The second kappa shape index (κ2) is 5.91. The predicted molar refractivity (Wildman–Crippen MR) is 76.9 cm³/mol. The van der Waals surface area contributed by atoms with E-state index in [1.54, 1.807) is 20.8 Å². The Morgan fingerprint density at radius 3 is 2.45 bits per heavy atom. The minimum atomic E-state index is -1.69. The van der Waals surface area contributed by atoms with Gasteiger partial charge in [0.05, 0.1) is 0 Å². The Balaban J connectivity index is 3.06. The largest absolute Gasteiger partial charge is 0.430 e. The summed E-state index contributed by atoms with van der Waals surface area (Å²) >= 11 is 3.19. The molecule has 1 aromatic rings. The fourth-order valence-electron chi connectivity index (χ4n) is 1.54. The van der Waals surface area contributed by atoms with Crippen LogP contribution < -0.4 is 5.32 Å². The first-order valence-corrected chi connectivity index (χ1v) is 6.80. The van der Waals surface area contributed by atoms with Gasteiger partial charge in [-0.3, -0.25) is 4.79 Å². The van der Waals surface area contributed by atoms with E-state index in [0.717, 1.165) is 0 Å². The van der Waals surface area contributed by atoms with Crippen LogP contribution in [0.1, 0.15) is 33.3 Å². The predicted octanol–water partition coefficient (Wildman–Crippen LogP) is 3.53. The number of hydrogen-bond donors (Lipinski definition) is 1. The van der Waals surface area contributed by atoms with Crippen LogP contribution in [0.3, 0.4) is 0 Å². The molecule has 1 aromatic carbocycles. The van der Waals surface area contributed by atoms with E-state index in [-0.39, 0.29) is 5.56 Å². The lowest BCUT2D eigenvalue weighted by atomic mass is 9.97. The number of aldehydes is 1. The highest BCUT2D eigenvalue weighted by Gasteiger charge is 2.34. The number of carbonyl (C=O) groups excluding carboxylic acids is 2. The van der Waals surface area contributed by atoms with Gasteiger partial charge in [-0.15, -0.1) is 0 Å². The number of alkyl carbamates (subject to hydrolysis) is 1. The van der Waals surface area contributed by atoms with Crippen LogP contribution in [0.4, 0.5) is 9.18 Å². The molecule has 1 amide bonds. The SMILES string of the molecule is CC(C)(C)NC(=O)OC(C)(C=O)c1cc(Br)ccc1F. The number of ether oxygens (including phenoxy) is 1. The van der Waals surface area contributed by atoms with E-state index in [1.165, 1.54) is 25.1 Å². The number of amides is 1. The van der Waals surface area contributed by atoms with Gasteiger partial charge in [0, 0.05) is 15.6 Å². The molecule has 0 aliphatic carbocycles. The Morgan fingerprint density at radius 1 is 1.35 bits per heavy atom. The Labute approximate surface area is 125 Å². The molecule has 0 fully saturated rings. The smallest absolute Gasteiger partial charge is 0.408 e. The van der Waals surface area contributed by atoms with E-state index in [9.17, 15) is 14.0 Å². The van der Waals surface area contributed by atoms with Gasteiger partial charge in [-0.25, -0.2) is 9.18 Å². The third-order valence-electron chi connectivity index (χ3n) is 2.47. The van der Waals surface area contributed by atoms with Gasteiger partial charge in [-0.05, 0) is 45.9 Å². The van der Waals surface area contributed by atoms with Gasteiger partial charge in [-0.1, -0.05) is 15.9 Å². The van der Waals surface area contributed by atoms with Crippen LogP contribution in [-0.4, -0.2) is 17.9 Å². The highest BCUT2D eigenvalue weighted by atomic mass is 79.9. The normalized spacial score (nSPS) is 14.3. The van der Waals surface area contributed by atoms with Crippen molar-refractivity contribution in [3.8, 4) is 0 Å². The highest BCUT2D eigenvalue weighted by molar-refractivity contribution is 9.10. The van der Waals surface area contributed by atoms with Crippen molar-refractivity contribution >= 4 is 28.3 Å². The molecule has 0 aromatic heterocycles. The highest BCUT2D eigenvalue weighted by Crippen LogP contribution is 2.28. The Kier molecular flexibility index (Phi) is 4.91. The summed E-state index contributed by atoms with van der Waals surface area (Å²) in [4.78, 5) is 23.1. The molecule has 110 valence electrons. The molecule has 0 saturated heterocycles. The van der Waals surface area contributed by atoms with Gasteiger partial charge >= 0.3 is 6.09 Å². The first kappa shape index (κ1) is 16.6. The summed E-state index contributed by atoms with van der Waals surface area (Å²) in [5, 5.41) is 2.56. The molecular formula is C14H17BrFNO3. The lowest BCUT2D eigenvalue weighted by Gasteiger charge is -2.27. The van der Waals surface area contributed by atoms with Crippen LogP contribution >= 0.6 is 15.9 Å². The van der Waals surface area contributed by atoms with Crippen LogP contribution in [0.15, 0.2) is 22.7 Å². The molecule has 0 spiro atoms. The van der Waals surface area contributed by atoms with Gasteiger partial charge in [0.1, 0.15) is 5.82 Å². The summed E-state index contributed by atoms with van der Waals surface area (Å²) in [5.41, 5.74) is -2.22. The third kappa shape index (κ3) is 4.30. The van der Waals surface area contributed by atoms with Gasteiger partial charge in [-0.2, -0.15) is 0 Å². The van der Waals surface area contributed by atoms with Crippen molar-refractivity contribution in [1.82, 2.24) is 5.32 Å². The molecule has 6 heteroatoms. The van der Waals surface area contributed by atoms with Crippen LogP contribution in [-0.2, 0) is 15.1 Å². The third-order valence-corrected chi connectivity index (χ3v) is 2.96. The number of benzene rings is 1. The zero-order valence-corrected chi connectivity index (χ0v) is 13.4. The first-order chi connectivity index (χ1) is 9.07. The van der Waals surface area contributed by atoms with Crippen molar-refractivity contribution in [3.63, 3.8) is 0 Å². The van der Waals surface area contributed by atoms with E-state index in [1.807, 2.05) is 0 Å². The van der Waals surface area contributed by atoms with Gasteiger partial charge < -0.3 is 10.1 Å². The average Bonchev–Trinajstić information content (AvgIpc) is 2.29. The fourth-order valence-corrected chi connectivity index (χ4v) is 1.91.